The second-order valence-corrected chi connectivity index (χ2v) is 5.46. The first kappa shape index (κ1) is 10.8. The van der Waals surface area contributed by atoms with Gasteiger partial charge in [-0.1, -0.05) is 32.4 Å². The summed E-state index contributed by atoms with van der Waals surface area (Å²) < 4.78 is 0. The molecule has 1 unspecified atom stereocenters. The van der Waals surface area contributed by atoms with Gasteiger partial charge in [0.05, 0.1) is 0 Å². The summed E-state index contributed by atoms with van der Waals surface area (Å²) in [5.41, 5.74) is 7.94. The normalized spacial score (nSPS) is 24.3. The molecule has 2 N–H and O–H groups in total. The molecule has 0 aromatic carbocycles. The van der Waals surface area contributed by atoms with E-state index in [-0.39, 0.29) is 0 Å². The number of hydrogen-bond donors (Lipinski definition) is 1. The van der Waals surface area contributed by atoms with Crippen LogP contribution in [0.15, 0.2) is 11.6 Å². The van der Waals surface area contributed by atoms with E-state index in [1.807, 2.05) is 0 Å². The molecular weight excluding hydrogens is 158 g/mol. The Hall–Kier alpha value is -0.300. The Balaban J connectivity index is 2.30. The zero-order valence-electron chi connectivity index (χ0n) is 9.27. The molecule has 0 aliphatic heterocycles. The summed E-state index contributed by atoms with van der Waals surface area (Å²) in [5, 5.41) is 0. The third-order valence-corrected chi connectivity index (χ3v) is 2.74. The molecule has 0 heterocycles. The average molecular weight is 181 g/mol. The van der Waals surface area contributed by atoms with Crippen LogP contribution in [0.5, 0.6) is 0 Å². The van der Waals surface area contributed by atoms with E-state index < -0.39 is 0 Å². The van der Waals surface area contributed by atoms with E-state index in [9.17, 15) is 0 Å². The lowest BCUT2D eigenvalue weighted by atomic mass is 9.85. The standard InChI is InChI=1S/C12H23N/c1-12(2,3)9-8-10-4-6-11(13)7-5-10/h4,11H,5-9,13H2,1-3H3. The molecule has 0 aromatic rings. The molecule has 0 bridgehead atoms. The first-order valence-electron chi connectivity index (χ1n) is 5.41. The lowest BCUT2D eigenvalue weighted by molar-refractivity contribution is 0.373. The van der Waals surface area contributed by atoms with E-state index in [1.165, 1.54) is 25.7 Å². The summed E-state index contributed by atoms with van der Waals surface area (Å²) in [6.07, 6.45) is 8.46. The molecule has 1 nitrogen and oxygen atoms in total. The molecule has 0 spiro atoms. The van der Waals surface area contributed by atoms with Gasteiger partial charge < -0.3 is 5.73 Å². The molecule has 0 saturated heterocycles. The summed E-state index contributed by atoms with van der Waals surface area (Å²) in [4.78, 5) is 0. The molecule has 1 aliphatic carbocycles. The summed E-state index contributed by atoms with van der Waals surface area (Å²) in [6, 6.07) is 0.429. The average Bonchev–Trinajstić information content (AvgIpc) is 2.02. The summed E-state index contributed by atoms with van der Waals surface area (Å²) >= 11 is 0. The number of nitrogens with two attached hydrogens (primary N) is 1. The minimum Gasteiger partial charge on any atom is -0.327 e. The van der Waals surface area contributed by atoms with E-state index in [1.54, 1.807) is 5.57 Å². The van der Waals surface area contributed by atoms with E-state index >= 15 is 0 Å². The molecule has 0 aromatic heterocycles. The van der Waals surface area contributed by atoms with E-state index in [0.717, 1.165) is 6.42 Å². The first-order valence-corrected chi connectivity index (χ1v) is 5.41. The van der Waals surface area contributed by atoms with Crippen molar-refractivity contribution in [3.05, 3.63) is 11.6 Å². The van der Waals surface area contributed by atoms with Crippen molar-refractivity contribution in [2.45, 2.75) is 58.9 Å². The van der Waals surface area contributed by atoms with Crippen molar-refractivity contribution in [3.63, 3.8) is 0 Å². The van der Waals surface area contributed by atoms with Gasteiger partial charge in [0.15, 0.2) is 0 Å². The highest BCUT2D eigenvalue weighted by Crippen LogP contribution is 2.27. The fraction of sp³-hybridized carbons (Fsp3) is 0.833. The van der Waals surface area contributed by atoms with Crippen LogP contribution < -0.4 is 5.73 Å². The van der Waals surface area contributed by atoms with Gasteiger partial charge in [0.2, 0.25) is 0 Å². The van der Waals surface area contributed by atoms with Crippen LogP contribution in [-0.2, 0) is 0 Å². The topological polar surface area (TPSA) is 26.0 Å². The largest absolute Gasteiger partial charge is 0.327 e. The maximum Gasteiger partial charge on any atom is 0.00765 e. The lowest BCUT2D eigenvalue weighted by Gasteiger charge is -2.22. The van der Waals surface area contributed by atoms with Gasteiger partial charge in [0, 0.05) is 6.04 Å². The van der Waals surface area contributed by atoms with E-state index in [2.05, 4.69) is 26.8 Å². The Morgan fingerprint density at radius 1 is 1.46 bits per heavy atom. The molecule has 76 valence electrons. The highest BCUT2D eigenvalue weighted by atomic mass is 14.6. The maximum absolute atomic E-state index is 5.83. The van der Waals surface area contributed by atoms with Crippen molar-refractivity contribution < 1.29 is 0 Å². The van der Waals surface area contributed by atoms with Gasteiger partial charge in [-0.3, -0.25) is 0 Å². The second-order valence-electron chi connectivity index (χ2n) is 5.46. The minimum absolute atomic E-state index is 0.429. The Morgan fingerprint density at radius 2 is 2.15 bits per heavy atom. The van der Waals surface area contributed by atoms with Crippen molar-refractivity contribution in [3.8, 4) is 0 Å². The van der Waals surface area contributed by atoms with Gasteiger partial charge in [-0.2, -0.15) is 0 Å². The van der Waals surface area contributed by atoms with Crippen LogP contribution in [0.4, 0.5) is 0 Å². The molecule has 13 heavy (non-hydrogen) atoms. The zero-order valence-corrected chi connectivity index (χ0v) is 9.27. The van der Waals surface area contributed by atoms with Gasteiger partial charge in [0.1, 0.15) is 0 Å². The minimum atomic E-state index is 0.429. The lowest BCUT2D eigenvalue weighted by Crippen LogP contribution is -2.21. The van der Waals surface area contributed by atoms with Crippen LogP contribution in [0.1, 0.15) is 52.9 Å². The SMILES string of the molecule is CC(C)(C)CCC1=CCC(N)CC1. The molecular formula is C12H23N. The number of rotatable bonds is 2. The number of allylic oxidation sites excluding steroid dienone is 1. The van der Waals surface area contributed by atoms with E-state index in [0.29, 0.717) is 11.5 Å². The van der Waals surface area contributed by atoms with Crippen molar-refractivity contribution in [2.24, 2.45) is 11.1 Å². The van der Waals surface area contributed by atoms with Crippen LogP contribution in [0, 0.1) is 5.41 Å². The molecule has 0 saturated carbocycles. The van der Waals surface area contributed by atoms with Gasteiger partial charge in [0.25, 0.3) is 0 Å². The molecule has 1 aliphatic rings. The van der Waals surface area contributed by atoms with Gasteiger partial charge >= 0.3 is 0 Å². The Bertz CT molecular complexity index is 186. The molecule has 0 amide bonds. The Labute approximate surface area is 82.4 Å². The first-order chi connectivity index (χ1) is 5.97. The van der Waals surface area contributed by atoms with Crippen LogP contribution in [0.2, 0.25) is 0 Å². The van der Waals surface area contributed by atoms with Gasteiger partial charge in [-0.25, -0.2) is 0 Å². The van der Waals surface area contributed by atoms with E-state index in [4.69, 9.17) is 5.73 Å². The van der Waals surface area contributed by atoms with Crippen LogP contribution >= 0.6 is 0 Å². The van der Waals surface area contributed by atoms with Crippen molar-refractivity contribution in [2.75, 3.05) is 0 Å². The summed E-state index contributed by atoms with van der Waals surface area (Å²) in [5.74, 6) is 0. The van der Waals surface area contributed by atoms with Crippen LogP contribution in [0.3, 0.4) is 0 Å². The molecule has 1 heteroatoms. The summed E-state index contributed by atoms with van der Waals surface area (Å²) in [6.45, 7) is 6.92. The fourth-order valence-electron chi connectivity index (χ4n) is 1.67. The van der Waals surface area contributed by atoms with Crippen molar-refractivity contribution in [1.29, 1.82) is 0 Å². The zero-order chi connectivity index (χ0) is 9.90. The molecule has 0 fully saturated rings. The predicted octanol–water partition coefficient (Wildman–Crippen LogP) is 3.25. The number of hydrogen-bond acceptors (Lipinski definition) is 1. The van der Waals surface area contributed by atoms with Crippen molar-refractivity contribution in [1.82, 2.24) is 0 Å². The Kier molecular flexibility index (Phi) is 3.55. The molecule has 1 atom stereocenters. The smallest absolute Gasteiger partial charge is 0.00765 e. The third-order valence-electron chi connectivity index (χ3n) is 2.74. The fourth-order valence-corrected chi connectivity index (χ4v) is 1.67. The quantitative estimate of drug-likeness (QED) is 0.650. The van der Waals surface area contributed by atoms with Gasteiger partial charge in [-0.15, -0.1) is 0 Å². The predicted molar refractivity (Wildman–Crippen MR) is 58.6 cm³/mol. The van der Waals surface area contributed by atoms with Crippen LogP contribution in [0.25, 0.3) is 0 Å². The molecule has 1 rings (SSSR count). The molecule has 0 radical (unpaired) electrons. The van der Waals surface area contributed by atoms with Crippen molar-refractivity contribution >= 4 is 0 Å². The maximum atomic E-state index is 5.83. The highest BCUT2D eigenvalue weighted by molar-refractivity contribution is 5.07. The second kappa shape index (κ2) is 4.28. The third kappa shape index (κ3) is 4.47. The highest BCUT2D eigenvalue weighted by Gasteiger charge is 2.14. The van der Waals surface area contributed by atoms with Gasteiger partial charge in [-0.05, 0) is 37.5 Å². The summed E-state index contributed by atoms with van der Waals surface area (Å²) in [7, 11) is 0. The van der Waals surface area contributed by atoms with Crippen LogP contribution in [-0.4, -0.2) is 6.04 Å². The Morgan fingerprint density at radius 3 is 2.62 bits per heavy atom. The monoisotopic (exact) mass is 181 g/mol.